The number of hydrogen-bond donors (Lipinski definition) is 0. The first-order chi connectivity index (χ1) is 11.7. The van der Waals surface area contributed by atoms with Crippen molar-refractivity contribution in [3.05, 3.63) is 64.2 Å². The zero-order chi connectivity index (χ0) is 16.9. The van der Waals surface area contributed by atoms with E-state index in [1.165, 1.54) is 22.3 Å². The van der Waals surface area contributed by atoms with Crippen LogP contribution < -0.4 is 4.74 Å². The SMILES string of the molecule is CCCOc1ccc2c(c1C=Nc1cccc(C)c1C)CCC=C2. The zero-order valence-corrected chi connectivity index (χ0v) is 14.8. The molecule has 2 aromatic carbocycles. The molecule has 2 aromatic rings. The fourth-order valence-corrected chi connectivity index (χ4v) is 3.02. The third-order valence-corrected chi connectivity index (χ3v) is 4.58. The second kappa shape index (κ2) is 7.48. The fourth-order valence-electron chi connectivity index (χ4n) is 3.02. The Bertz CT molecular complexity index is 787. The van der Waals surface area contributed by atoms with Crippen LogP contribution in [-0.4, -0.2) is 12.8 Å². The Labute approximate surface area is 144 Å². The molecule has 1 aliphatic rings. The summed E-state index contributed by atoms with van der Waals surface area (Å²) in [6.07, 6.45) is 9.56. The molecular weight excluding hydrogens is 294 g/mol. The lowest BCUT2D eigenvalue weighted by atomic mass is 9.92. The quantitative estimate of drug-likeness (QED) is 0.638. The van der Waals surface area contributed by atoms with Crippen LogP contribution in [-0.2, 0) is 6.42 Å². The van der Waals surface area contributed by atoms with E-state index >= 15 is 0 Å². The smallest absolute Gasteiger partial charge is 0.128 e. The van der Waals surface area contributed by atoms with Crippen molar-refractivity contribution in [3.63, 3.8) is 0 Å². The number of rotatable bonds is 5. The molecular formula is C22H25NO. The molecule has 0 spiro atoms. The first-order valence-corrected chi connectivity index (χ1v) is 8.76. The third kappa shape index (κ3) is 3.43. The van der Waals surface area contributed by atoms with Crippen LogP contribution in [0.1, 0.15) is 47.6 Å². The van der Waals surface area contributed by atoms with Gasteiger partial charge in [0, 0.05) is 11.8 Å². The van der Waals surface area contributed by atoms with Gasteiger partial charge in [0.15, 0.2) is 0 Å². The van der Waals surface area contributed by atoms with Crippen molar-refractivity contribution in [2.24, 2.45) is 4.99 Å². The standard InChI is InChI=1S/C22H25NO/c1-4-14-24-22-13-12-18-9-5-6-10-19(18)20(22)15-23-21-11-7-8-16(2)17(21)3/h5,7-9,11-13,15H,4,6,10,14H2,1-3H3. The highest BCUT2D eigenvalue weighted by molar-refractivity contribution is 5.89. The van der Waals surface area contributed by atoms with E-state index in [-0.39, 0.29) is 0 Å². The van der Waals surface area contributed by atoms with Crippen molar-refractivity contribution < 1.29 is 4.74 Å². The van der Waals surface area contributed by atoms with E-state index in [2.05, 4.69) is 63.3 Å². The maximum absolute atomic E-state index is 5.98. The van der Waals surface area contributed by atoms with E-state index in [1.54, 1.807) is 0 Å². The van der Waals surface area contributed by atoms with Crippen LogP contribution in [0.15, 0.2) is 41.4 Å². The van der Waals surface area contributed by atoms with Gasteiger partial charge in [-0.25, -0.2) is 0 Å². The van der Waals surface area contributed by atoms with E-state index in [0.29, 0.717) is 0 Å². The molecule has 0 unspecified atom stereocenters. The summed E-state index contributed by atoms with van der Waals surface area (Å²) in [6, 6.07) is 10.5. The Morgan fingerprint density at radius 1 is 1.17 bits per heavy atom. The predicted molar refractivity (Wildman–Crippen MR) is 103 cm³/mol. The third-order valence-electron chi connectivity index (χ3n) is 4.58. The summed E-state index contributed by atoms with van der Waals surface area (Å²) in [5, 5.41) is 0. The van der Waals surface area contributed by atoms with E-state index in [1.807, 2.05) is 6.21 Å². The molecule has 124 valence electrons. The largest absolute Gasteiger partial charge is 0.493 e. The van der Waals surface area contributed by atoms with Gasteiger partial charge in [-0.3, -0.25) is 4.99 Å². The van der Waals surface area contributed by atoms with Gasteiger partial charge in [0.1, 0.15) is 5.75 Å². The maximum Gasteiger partial charge on any atom is 0.128 e. The van der Waals surface area contributed by atoms with Crippen molar-refractivity contribution >= 4 is 18.0 Å². The average Bonchev–Trinajstić information content (AvgIpc) is 2.61. The van der Waals surface area contributed by atoms with Crippen LogP contribution in [0.4, 0.5) is 5.69 Å². The number of ether oxygens (including phenoxy) is 1. The summed E-state index contributed by atoms with van der Waals surface area (Å²) in [6.45, 7) is 7.11. The van der Waals surface area contributed by atoms with Gasteiger partial charge < -0.3 is 4.74 Å². The molecule has 2 heteroatoms. The monoisotopic (exact) mass is 319 g/mol. The van der Waals surface area contributed by atoms with Gasteiger partial charge in [-0.2, -0.15) is 0 Å². The molecule has 0 bridgehead atoms. The summed E-state index contributed by atoms with van der Waals surface area (Å²) in [4.78, 5) is 4.78. The molecule has 24 heavy (non-hydrogen) atoms. The van der Waals surface area contributed by atoms with Crippen molar-refractivity contribution in [2.75, 3.05) is 6.61 Å². The molecule has 0 aromatic heterocycles. The predicted octanol–water partition coefficient (Wildman–Crippen LogP) is 5.80. The average molecular weight is 319 g/mol. The number of aryl methyl sites for hydroxylation is 1. The molecule has 0 heterocycles. The second-order valence-electron chi connectivity index (χ2n) is 6.31. The summed E-state index contributed by atoms with van der Waals surface area (Å²) < 4.78 is 5.98. The number of benzene rings is 2. The van der Waals surface area contributed by atoms with Crippen LogP contribution >= 0.6 is 0 Å². The minimum Gasteiger partial charge on any atom is -0.493 e. The van der Waals surface area contributed by atoms with Crippen molar-refractivity contribution in [3.8, 4) is 5.75 Å². The molecule has 0 radical (unpaired) electrons. The van der Waals surface area contributed by atoms with Crippen LogP contribution in [0.25, 0.3) is 6.08 Å². The Kier molecular flexibility index (Phi) is 5.14. The highest BCUT2D eigenvalue weighted by Gasteiger charge is 2.14. The lowest BCUT2D eigenvalue weighted by molar-refractivity contribution is 0.316. The van der Waals surface area contributed by atoms with Crippen LogP contribution in [0, 0.1) is 13.8 Å². The number of aliphatic imine (C=N–C) groups is 1. The molecule has 1 aliphatic carbocycles. The normalized spacial score (nSPS) is 13.3. The molecule has 0 amide bonds. The zero-order valence-electron chi connectivity index (χ0n) is 14.8. The van der Waals surface area contributed by atoms with Gasteiger partial charge >= 0.3 is 0 Å². The molecule has 2 nitrogen and oxygen atoms in total. The summed E-state index contributed by atoms with van der Waals surface area (Å²) in [5.74, 6) is 0.944. The molecule has 0 fully saturated rings. The van der Waals surface area contributed by atoms with Gasteiger partial charge in [0.05, 0.1) is 12.3 Å². The Morgan fingerprint density at radius 2 is 2.04 bits per heavy atom. The summed E-state index contributed by atoms with van der Waals surface area (Å²) >= 11 is 0. The number of allylic oxidation sites excluding steroid dienone is 1. The molecule has 0 saturated carbocycles. The highest BCUT2D eigenvalue weighted by atomic mass is 16.5. The molecule has 0 saturated heterocycles. The Hall–Kier alpha value is -2.35. The van der Waals surface area contributed by atoms with Gasteiger partial charge in [0.25, 0.3) is 0 Å². The van der Waals surface area contributed by atoms with Gasteiger partial charge in [-0.15, -0.1) is 0 Å². The topological polar surface area (TPSA) is 21.6 Å². The number of fused-ring (bicyclic) bond motifs is 1. The lowest BCUT2D eigenvalue weighted by Gasteiger charge is -2.17. The molecule has 3 rings (SSSR count). The molecule has 0 N–H and O–H groups in total. The molecule has 0 atom stereocenters. The maximum atomic E-state index is 5.98. The first kappa shape index (κ1) is 16.5. The van der Waals surface area contributed by atoms with Gasteiger partial charge in [-0.05, 0) is 67.5 Å². The fraction of sp³-hybridized carbons (Fsp3) is 0.318. The number of nitrogens with zero attached hydrogens (tertiary/aromatic N) is 1. The minimum atomic E-state index is 0.735. The van der Waals surface area contributed by atoms with Gasteiger partial charge in [-0.1, -0.05) is 37.3 Å². The highest BCUT2D eigenvalue weighted by Crippen LogP contribution is 2.30. The van der Waals surface area contributed by atoms with E-state index in [4.69, 9.17) is 9.73 Å². The van der Waals surface area contributed by atoms with E-state index in [9.17, 15) is 0 Å². The van der Waals surface area contributed by atoms with E-state index < -0.39 is 0 Å². The van der Waals surface area contributed by atoms with E-state index in [0.717, 1.165) is 42.9 Å². The second-order valence-corrected chi connectivity index (χ2v) is 6.31. The van der Waals surface area contributed by atoms with Crippen LogP contribution in [0.2, 0.25) is 0 Å². The Balaban J connectivity index is 2.02. The molecule has 0 aliphatic heterocycles. The van der Waals surface area contributed by atoms with Crippen molar-refractivity contribution in [1.29, 1.82) is 0 Å². The minimum absolute atomic E-state index is 0.735. The van der Waals surface area contributed by atoms with Crippen LogP contribution in [0.3, 0.4) is 0 Å². The Morgan fingerprint density at radius 3 is 2.88 bits per heavy atom. The summed E-state index contributed by atoms with van der Waals surface area (Å²) in [7, 11) is 0. The van der Waals surface area contributed by atoms with Gasteiger partial charge in [0.2, 0.25) is 0 Å². The van der Waals surface area contributed by atoms with Crippen molar-refractivity contribution in [1.82, 2.24) is 0 Å². The first-order valence-electron chi connectivity index (χ1n) is 8.76. The van der Waals surface area contributed by atoms with Crippen LogP contribution in [0.5, 0.6) is 5.75 Å². The summed E-state index contributed by atoms with van der Waals surface area (Å²) in [5.41, 5.74) is 7.29. The van der Waals surface area contributed by atoms with Crippen molar-refractivity contribution in [2.45, 2.75) is 40.0 Å². The lowest BCUT2D eigenvalue weighted by Crippen LogP contribution is -2.05. The number of hydrogen-bond acceptors (Lipinski definition) is 2.